The molecule has 82 valence electrons. The summed E-state index contributed by atoms with van der Waals surface area (Å²) in [6.07, 6.45) is 0. The van der Waals surface area contributed by atoms with Crippen LogP contribution in [-0.4, -0.2) is 15.4 Å². The number of aryl methyl sites for hydroxylation is 2. The molecule has 0 fully saturated rings. The van der Waals surface area contributed by atoms with Crippen LogP contribution in [0.5, 0.6) is 0 Å². The number of anilines is 1. The SMILES string of the molecule is Cc1nc2cccc(C)n2c1N[C@@H](C)C#N. The number of imidazole rings is 1. The van der Waals surface area contributed by atoms with Gasteiger partial charge in [-0.05, 0) is 32.9 Å². The maximum Gasteiger partial charge on any atom is 0.138 e. The summed E-state index contributed by atoms with van der Waals surface area (Å²) in [5.41, 5.74) is 2.92. The third-order valence-corrected chi connectivity index (χ3v) is 2.56. The van der Waals surface area contributed by atoms with E-state index in [2.05, 4.69) is 16.4 Å². The van der Waals surface area contributed by atoms with Crippen molar-refractivity contribution in [1.82, 2.24) is 9.38 Å². The fourth-order valence-corrected chi connectivity index (χ4v) is 1.77. The topological polar surface area (TPSA) is 53.1 Å². The smallest absolute Gasteiger partial charge is 0.138 e. The van der Waals surface area contributed by atoms with Crippen LogP contribution in [0.15, 0.2) is 18.2 Å². The normalized spacial score (nSPS) is 12.4. The number of pyridine rings is 1. The molecule has 0 radical (unpaired) electrons. The molecule has 4 heteroatoms. The van der Waals surface area contributed by atoms with Gasteiger partial charge in [-0.3, -0.25) is 4.40 Å². The third kappa shape index (κ3) is 1.61. The van der Waals surface area contributed by atoms with Crippen molar-refractivity contribution in [1.29, 1.82) is 5.26 Å². The first-order valence-electron chi connectivity index (χ1n) is 5.24. The molecule has 2 aromatic rings. The van der Waals surface area contributed by atoms with Gasteiger partial charge in [-0.1, -0.05) is 6.07 Å². The zero-order valence-electron chi connectivity index (χ0n) is 9.65. The zero-order chi connectivity index (χ0) is 11.7. The molecule has 0 aliphatic heterocycles. The highest BCUT2D eigenvalue weighted by Gasteiger charge is 2.11. The Bertz CT molecular complexity index is 562. The number of fused-ring (bicyclic) bond motifs is 1. The number of hydrogen-bond donors (Lipinski definition) is 1. The summed E-state index contributed by atoms with van der Waals surface area (Å²) in [5.74, 6) is 0.905. The summed E-state index contributed by atoms with van der Waals surface area (Å²) in [6, 6.07) is 7.90. The molecule has 0 saturated carbocycles. The second-order valence-electron chi connectivity index (χ2n) is 3.90. The fraction of sp³-hybridized carbons (Fsp3) is 0.333. The van der Waals surface area contributed by atoms with Crippen molar-refractivity contribution in [3.8, 4) is 6.07 Å². The van der Waals surface area contributed by atoms with Gasteiger partial charge >= 0.3 is 0 Å². The Labute approximate surface area is 94.5 Å². The molecule has 0 unspecified atom stereocenters. The van der Waals surface area contributed by atoms with Crippen LogP contribution in [0.3, 0.4) is 0 Å². The summed E-state index contributed by atoms with van der Waals surface area (Å²) in [6.45, 7) is 5.80. The zero-order valence-corrected chi connectivity index (χ0v) is 9.65. The van der Waals surface area contributed by atoms with Crippen LogP contribution < -0.4 is 5.32 Å². The molecular formula is C12H14N4. The summed E-state index contributed by atoms with van der Waals surface area (Å²) in [7, 11) is 0. The van der Waals surface area contributed by atoms with Crippen molar-refractivity contribution in [2.75, 3.05) is 5.32 Å². The van der Waals surface area contributed by atoms with E-state index in [0.29, 0.717) is 0 Å². The quantitative estimate of drug-likeness (QED) is 0.834. The largest absolute Gasteiger partial charge is 0.354 e. The molecule has 2 heterocycles. The van der Waals surface area contributed by atoms with Crippen molar-refractivity contribution >= 4 is 11.5 Å². The predicted octanol–water partition coefficient (Wildman–Crippen LogP) is 2.28. The Morgan fingerprint density at radius 3 is 2.88 bits per heavy atom. The minimum atomic E-state index is -0.224. The van der Waals surface area contributed by atoms with E-state index in [9.17, 15) is 0 Å². The van der Waals surface area contributed by atoms with Crippen LogP contribution in [0.4, 0.5) is 5.82 Å². The van der Waals surface area contributed by atoms with Gasteiger partial charge in [0.25, 0.3) is 0 Å². The van der Waals surface area contributed by atoms with Crippen LogP contribution in [0, 0.1) is 25.2 Å². The van der Waals surface area contributed by atoms with Crippen molar-refractivity contribution in [2.24, 2.45) is 0 Å². The maximum absolute atomic E-state index is 8.82. The minimum absolute atomic E-state index is 0.224. The van der Waals surface area contributed by atoms with Gasteiger partial charge in [0.2, 0.25) is 0 Å². The number of nitrogens with one attached hydrogen (secondary N) is 1. The molecule has 0 saturated heterocycles. The number of aromatic nitrogens is 2. The lowest BCUT2D eigenvalue weighted by Gasteiger charge is -2.10. The molecule has 16 heavy (non-hydrogen) atoms. The van der Waals surface area contributed by atoms with Gasteiger partial charge in [0.1, 0.15) is 17.5 Å². The third-order valence-electron chi connectivity index (χ3n) is 2.56. The van der Waals surface area contributed by atoms with Crippen LogP contribution in [0.25, 0.3) is 5.65 Å². The Balaban J connectivity index is 2.60. The number of hydrogen-bond acceptors (Lipinski definition) is 3. The van der Waals surface area contributed by atoms with E-state index in [-0.39, 0.29) is 6.04 Å². The molecule has 0 aliphatic carbocycles. The Morgan fingerprint density at radius 1 is 1.44 bits per heavy atom. The first-order valence-corrected chi connectivity index (χ1v) is 5.24. The van der Waals surface area contributed by atoms with Crippen LogP contribution in [0.1, 0.15) is 18.3 Å². The van der Waals surface area contributed by atoms with E-state index in [0.717, 1.165) is 22.9 Å². The molecule has 1 N–H and O–H groups in total. The van der Waals surface area contributed by atoms with E-state index in [1.54, 1.807) is 0 Å². The molecule has 1 atom stereocenters. The van der Waals surface area contributed by atoms with Gasteiger partial charge in [-0.15, -0.1) is 0 Å². The highest BCUT2D eigenvalue weighted by Crippen LogP contribution is 2.20. The van der Waals surface area contributed by atoms with E-state index in [4.69, 9.17) is 5.26 Å². The van der Waals surface area contributed by atoms with Crippen molar-refractivity contribution in [3.05, 3.63) is 29.6 Å². The van der Waals surface area contributed by atoms with Crippen LogP contribution in [-0.2, 0) is 0 Å². The Morgan fingerprint density at radius 2 is 2.19 bits per heavy atom. The van der Waals surface area contributed by atoms with Gasteiger partial charge < -0.3 is 5.32 Å². The van der Waals surface area contributed by atoms with Crippen molar-refractivity contribution in [3.63, 3.8) is 0 Å². The predicted molar refractivity (Wildman–Crippen MR) is 63.4 cm³/mol. The molecule has 2 aromatic heterocycles. The second-order valence-corrected chi connectivity index (χ2v) is 3.90. The molecule has 2 rings (SSSR count). The molecular weight excluding hydrogens is 200 g/mol. The lowest BCUT2D eigenvalue weighted by atomic mass is 10.3. The summed E-state index contributed by atoms with van der Waals surface area (Å²) in [5, 5.41) is 12.0. The molecule has 0 bridgehead atoms. The second kappa shape index (κ2) is 3.86. The molecule has 0 spiro atoms. The van der Waals surface area contributed by atoms with E-state index >= 15 is 0 Å². The highest BCUT2D eigenvalue weighted by molar-refractivity contribution is 5.56. The standard InChI is InChI=1S/C12H14N4/c1-8(7-13)14-12-10(3)15-11-6-4-5-9(2)16(11)12/h4-6,8,14H,1-3H3/t8-/m0/s1. The van der Waals surface area contributed by atoms with Crippen LogP contribution >= 0.6 is 0 Å². The average molecular weight is 214 g/mol. The summed E-state index contributed by atoms with van der Waals surface area (Å²) < 4.78 is 2.03. The van der Waals surface area contributed by atoms with Crippen molar-refractivity contribution in [2.45, 2.75) is 26.8 Å². The van der Waals surface area contributed by atoms with Gasteiger partial charge in [-0.25, -0.2) is 4.98 Å². The molecule has 0 aromatic carbocycles. The fourth-order valence-electron chi connectivity index (χ4n) is 1.77. The van der Waals surface area contributed by atoms with E-state index in [1.165, 1.54) is 0 Å². The molecule has 0 amide bonds. The Kier molecular flexibility index (Phi) is 2.53. The average Bonchev–Trinajstić information content (AvgIpc) is 2.56. The summed E-state index contributed by atoms with van der Waals surface area (Å²) >= 11 is 0. The minimum Gasteiger partial charge on any atom is -0.354 e. The lowest BCUT2D eigenvalue weighted by Crippen LogP contribution is -2.14. The first kappa shape index (κ1) is 10.5. The lowest BCUT2D eigenvalue weighted by molar-refractivity contribution is 0.967. The number of nitrogens with zero attached hydrogens (tertiary/aromatic N) is 3. The van der Waals surface area contributed by atoms with Gasteiger partial charge in [-0.2, -0.15) is 5.26 Å². The van der Waals surface area contributed by atoms with Gasteiger partial charge in [0, 0.05) is 5.69 Å². The Hall–Kier alpha value is -2.02. The van der Waals surface area contributed by atoms with Crippen LogP contribution in [0.2, 0.25) is 0 Å². The highest BCUT2D eigenvalue weighted by atomic mass is 15.1. The summed E-state index contributed by atoms with van der Waals surface area (Å²) in [4.78, 5) is 4.45. The number of rotatable bonds is 2. The van der Waals surface area contributed by atoms with E-state index < -0.39 is 0 Å². The first-order chi connectivity index (χ1) is 7.63. The monoisotopic (exact) mass is 214 g/mol. The molecule has 4 nitrogen and oxygen atoms in total. The van der Waals surface area contributed by atoms with Gasteiger partial charge in [0.05, 0.1) is 11.8 Å². The van der Waals surface area contributed by atoms with E-state index in [1.807, 2.05) is 43.4 Å². The van der Waals surface area contributed by atoms with Gasteiger partial charge in [0.15, 0.2) is 0 Å². The van der Waals surface area contributed by atoms with Crippen molar-refractivity contribution < 1.29 is 0 Å². The number of nitriles is 1. The maximum atomic E-state index is 8.82. The molecule has 0 aliphatic rings.